The summed E-state index contributed by atoms with van der Waals surface area (Å²) in [7, 11) is 2.11. The first-order valence-corrected chi connectivity index (χ1v) is 6.25. The van der Waals surface area contributed by atoms with Gasteiger partial charge in [-0.2, -0.15) is 0 Å². The second-order valence-corrected chi connectivity index (χ2v) is 4.75. The van der Waals surface area contributed by atoms with Gasteiger partial charge in [0.1, 0.15) is 12.6 Å². The van der Waals surface area contributed by atoms with Crippen molar-refractivity contribution >= 4 is 5.52 Å². The molecule has 90 valence electrons. The van der Waals surface area contributed by atoms with E-state index in [2.05, 4.69) is 77.8 Å². The van der Waals surface area contributed by atoms with Crippen LogP contribution in [0.5, 0.6) is 0 Å². The maximum Gasteiger partial charge on any atom is 0.209 e. The van der Waals surface area contributed by atoms with Gasteiger partial charge in [-0.1, -0.05) is 30.3 Å². The second kappa shape index (κ2) is 4.30. The molecule has 3 aromatic rings. The van der Waals surface area contributed by atoms with Crippen molar-refractivity contribution in [3.05, 3.63) is 71.8 Å². The van der Waals surface area contributed by atoms with E-state index in [9.17, 15) is 0 Å². The van der Waals surface area contributed by atoms with Crippen LogP contribution in [-0.2, 0) is 13.5 Å². The molecule has 2 nitrogen and oxygen atoms in total. The summed E-state index contributed by atoms with van der Waals surface area (Å²) in [6.45, 7) is 2.14. The maximum absolute atomic E-state index is 2.25. The van der Waals surface area contributed by atoms with Crippen LogP contribution in [0.4, 0.5) is 0 Å². The Balaban J connectivity index is 2.13. The predicted molar refractivity (Wildman–Crippen MR) is 72.6 cm³/mol. The Morgan fingerprint density at radius 2 is 1.83 bits per heavy atom. The lowest BCUT2D eigenvalue weighted by Gasteiger charge is -2.04. The smallest absolute Gasteiger partial charge is 0.209 e. The van der Waals surface area contributed by atoms with Crippen molar-refractivity contribution in [2.75, 3.05) is 0 Å². The van der Waals surface area contributed by atoms with E-state index >= 15 is 0 Å². The Bertz CT molecular complexity index is 681. The van der Waals surface area contributed by atoms with Crippen LogP contribution >= 0.6 is 0 Å². The van der Waals surface area contributed by atoms with Crippen molar-refractivity contribution in [2.45, 2.75) is 13.3 Å². The molecule has 0 bridgehead atoms. The van der Waals surface area contributed by atoms with Crippen LogP contribution in [0.3, 0.4) is 0 Å². The van der Waals surface area contributed by atoms with Gasteiger partial charge >= 0.3 is 0 Å². The summed E-state index contributed by atoms with van der Waals surface area (Å²) in [6.07, 6.45) is 5.21. The molecule has 0 unspecified atom stereocenters. The van der Waals surface area contributed by atoms with Crippen molar-refractivity contribution in [3.8, 4) is 0 Å². The van der Waals surface area contributed by atoms with Gasteiger partial charge in [-0.05, 0) is 24.6 Å². The fourth-order valence-electron chi connectivity index (χ4n) is 2.43. The number of fused-ring (bicyclic) bond motifs is 1. The molecular formula is C16H17N2+. The van der Waals surface area contributed by atoms with Gasteiger partial charge in [0.25, 0.3) is 0 Å². The summed E-state index contributed by atoms with van der Waals surface area (Å²) < 4.78 is 4.46. The highest BCUT2D eigenvalue weighted by Gasteiger charge is 2.14. The molecule has 0 fully saturated rings. The number of rotatable bonds is 2. The van der Waals surface area contributed by atoms with Crippen molar-refractivity contribution in [1.82, 2.24) is 4.40 Å². The van der Waals surface area contributed by atoms with Gasteiger partial charge < -0.3 is 4.40 Å². The third-order valence-electron chi connectivity index (χ3n) is 3.50. The average molecular weight is 237 g/mol. The first kappa shape index (κ1) is 11.0. The van der Waals surface area contributed by atoms with Crippen LogP contribution in [0.25, 0.3) is 5.52 Å². The van der Waals surface area contributed by atoms with Gasteiger partial charge in [0.15, 0.2) is 6.20 Å². The van der Waals surface area contributed by atoms with Gasteiger partial charge in [0.2, 0.25) is 5.69 Å². The topological polar surface area (TPSA) is 8.29 Å². The van der Waals surface area contributed by atoms with Crippen LogP contribution in [0.2, 0.25) is 0 Å². The summed E-state index contributed by atoms with van der Waals surface area (Å²) in [5.41, 5.74) is 5.26. The van der Waals surface area contributed by atoms with E-state index in [1.165, 1.54) is 22.5 Å². The van der Waals surface area contributed by atoms with Gasteiger partial charge in [-0.15, -0.1) is 0 Å². The zero-order chi connectivity index (χ0) is 12.5. The lowest BCUT2D eigenvalue weighted by molar-refractivity contribution is -0.677. The van der Waals surface area contributed by atoms with Crippen LogP contribution in [0.1, 0.15) is 17.0 Å². The quantitative estimate of drug-likeness (QED) is 0.606. The lowest BCUT2D eigenvalue weighted by atomic mass is 10.1. The first-order chi connectivity index (χ1) is 8.75. The Morgan fingerprint density at radius 1 is 1.06 bits per heavy atom. The molecule has 0 aliphatic carbocycles. The Morgan fingerprint density at radius 3 is 2.61 bits per heavy atom. The van der Waals surface area contributed by atoms with E-state index in [0.717, 1.165) is 6.42 Å². The molecule has 2 aromatic heterocycles. The molecule has 0 amide bonds. The van der Waals surface area contributed by atoms with E-state index in [-0.39, 0.29) is 0 Å². The zero-order valence-electron chi connectivity index (χ0n) is 10.8. The van der Waals surface area contributed by atoms with E-state index < -0.39 is 0 Å². The normalized spacial score (nSPS) is 11.0. The highest BCUT2D eigenvalue weighted by atomic mass is 15.0. The minimum atomic E-state index is 0.963. The van der Waals surface area contributed by atoms with Crippen molar-refractivity contribution in [1.29, 1.82) is 0 Å². The van der Waals surface area contributed by atoms with E-state index in [0.29, 0.717) is 0 Å². The molecule has 1 aromatic carbocycles. The molecule has 0 atom stereocenters. The minimum absolute atomic E-state index is 0.963. The highest BCUT2D eigenvalue weighted by Crippen LogP contribution is 2.14. The van der Waals surface area contributed by atoms with Crippen LogP contribution in [0.15, 0.2) is 54.9 Å². The molecule has 18 heavy (non-hydrogen) atoms. The minimum Gasteiger partial charge on any atom is -0.310 e. The highest BCUT2D eigenvalue weighted by molar-refractivity contribution is 5.53. The number of hydrogen-bond acceptors (Lipinski definition) is 0. The third-order valence-corrected chi connectivity index (χ3v) is 3.50. The van der Waals surface area contributed by atoms with E-state index in [4.69, 9.17) is 0 Å². The average Bonchev–Trinajstić information content (AvgIpc) is 2.76. The maximum atomic E-state index is 2.25. The molecule has 0 saturated heterocycles. The molecule has 0 spiro atoms. The fourth-order valence-corrected chi connectivity index (χ4v) is 2.43. The fraction of sp³-hybridized carbons (Fsp3) is 0.188. The Kier molecular flexibility index (Phi) is 2.63. The summed E-state index contributed by atoms with van der Waals surface area (Å²) in [5, 5.41) is 0. The molecule has 0 saturated carbocycles. The summed E-state index contributed by atoms with van der Waals surface area (Å²) in [4.78, 5) is 0. The monoisotopic (exact) mass is 237 g/mol. The van der Waals surface area contributed by atoms with E-state index in [1.54, 1.807) is 0 Å². The van der Waals surface area contributed by atoms with Crippen LogP contribution in [0, 0.1) is 6.92 Å². The largest absolute Gasteiger partial charge is 0.310 e. The number of hydrogen-bond donors (Lipinski definition) is 0. The Hall–Kier alpha value is -2.09. The lowest BCUT2D eigenvalue weighted by Crippen LogP contribution is -2.34. The number of aromatic nitrogens is 2. The van der Waals surface area contributed by atoms with Gasteiger partial charge in [0.05, 0.1) is 12.6 Å². The zero-order valence-corrected chi connectivity index (χ0v) is 10.8. The molecule has 3 rings (SSSR count). The van der Waals surface area contributed by atoms with Crippen LogP contribution < -0.4 is 4.57 Å². The molecular weight excluding hydrogens is 220 g/mol. The first-order valence-electron chi connectivity index (χ1n) is 6.25. The summed E-state index contributed by atoms with van der Waals surface area (Å²) >= 11 is 0. The van der Waals surface area contributed by atoms with Crippen molar-refractivity contribution < 1.29 is 4.57 Å². The molecule has 0 radical (unpaired) electrons. The predicted octanol–water partition coefficient (Wildman–Crippen LogP) is 2.66. The standard InChI is InChI=1S/C16H17N2/c1-13-8-9-15-16(17(2)10-11-18(13)15)12-14-6-4-3-5-7-14/h3-11H,12H2,1-2H3/q+1. The number of aryl methyl sites for hydroxylation is 2. The molecule has 2 heteroatoms. The second-order valence-electron chi connectivity index (χ2n) is 4.75. The molecule has 0 aliphatic rings. The summed E-state index contributed by atoms with van der Waals surface area (Å²) in [5.74, 6) is 0. The molecule has 0 N–H and O–H groups in total. The number of benzene rings is 1. The molecule has 0 aliphatic heterocycles. The van der Waals surface area contributed by atoms with Gasteiger partial charge in [-0.3, -0.25) is 0 Å². The molecule has 2 heterocycles. The number of nitrogens with zero attached hydrogens (tertiary/aromatic N) is 2. The van der Waals surface area contributed by atoms with Crippen molar-refractivity contribution in [3.63, 3.8) is 0 Å². The Labute approximate surface area is 107 Å². The van der Waals surface area contributed by atoms with Crippen molar-refractivity contribution in [2.24, 2.45) is 7.05 Å². The summed E-state index contributed by atoms with van der Waals surface area (Å²) in [6, 6.07) is 15.0. The third kappa shape index (κ3) is 1.80. The van der Waals surface area contributed by atoms with Crippen LogP contribution in [-0.4, -0.2) is 4.40 Å². The van der Waals surface area contributed by atoms with E-state index in [1.807, 2.05) is 0 Å². The SMILES string of the molecule is Cc1ccc2c(Cc3ccccc3)[n+](C)ccn12. The van der Waals surface area contributed by atoms with Gasteiger partial charge in [-0.25, -0.2) is 4.57 Å². The van der Waals surface area contributed by atoms with Gasteiger partial charge in [0, 0.05) is 5.69 Å².